The highest BCUT2D eigenvalue weighted by molar-refractivity contribution is 5.82. The Bertz CT molecular complexity index is 1050. The van der Waals surface area contributed by atoms with E-state index in [1.54, 1.807) is 6.26 Å². The first kappa shape index (κ1) is 22.4. The van der Waals surface area contributed by atoms with Crippen molar-refractivity contribution in [2.45, 2.75) is 63.9 Å². The molecule has 0 amide bonds. The van der Waals surface area contributed by atoms with Gasteiger partial charge in [0, 0.05) is 23.1 Å². The van der Waals surface area contributed by atoms with Gasteiger partial charge in [-0.3, -0.25) is 14.4 Å². The first-order valence-electron chi connectivity index (χ1n) is 11.1. The summed E-state index contributed by atoms with van der Waals surface area (Å²) in [7, 11) is 2.69. The van der Waals surface area contributed by atoms with Gasteiger partial charge >= 0.3 is 17.9 Å². The monoisotopic (exact) mass is 442 g/mol. The topological polar surface area (TPSA) is 92.0 Å². The normalized spacial score (nSPS) is 29.0. The average Bonchev–Trinajstić information content (AvgIpc) is 3.23. The number of rotatable bonds is 5. The summed E-state index contributed by atoms with van der Waals surface area (Å²) in [6, 6.07) is 6.09. The fraction of sp³-hybridized carbons (Fsp3) is 0.560. The van der Waals surface area contributed by atoms with E-state index in [1.807, 2.05) is 13.0 Å². The van der Waals surface area contributed by atoms with E-state index in [9.17, 15) is 14.4 Å². The van der Waals surface area contributed by atoms with Crippen LogP contribution in [0.2, 0.25) is 0 Å². The number of esters is 3. The van der Waals surface area contributed by atoms with Crippen LogP contribution in [0.15, 0.2) is 28.9 Å². The molecule has 0 unspecified atom stereocenters. The Morgan fingerprint density at radius 1 is 1.06 bits per heavy atom. The fourth-order valence-corrected chi connectivity index (χ4v) is 6.16. The molecule has 1 heterocycles. The minimum absolute atomic E-state index is 0.0372. The van der Waals surface area contributed by atoms with E-state index in [1.165, 1.54) is 14.2 Å². The maximum Gasteiger partial charge on any atom is 0.311 e. The molecule has 2 aromatic rings. The molecular weight excluding hydrogens is 412 g/mol. The minimum Gasteiger partial charge on any atom is -0.469 e. The number of benzene rings is 1. The SMILES string of the molecule is COC(=O)CCC(=O)O[C@@H]1Cc2cc3ccoc3cc2[C@@]2(C)CCC[C@@](C)(C(=O)OC)[C@H]12. The predicted molar refractivity (Wildman–Crippen MR) is 116 cm³/mol. The van der Waals surface area contributed by atoms with Gasteiger partial charge in [0.1, 0.15) is 11.7 Å². The summed E-state index contributed by atoms with van der Waals surface area (Å²) in [5.41, 5.74) is 1.84. The molecule has 172 valence electrons. The fourth-order valence-electron chi connectivity index (χ4n) is 6.16. The molecule has 7 nitrogen and oxygen atoms in total. The van der Waals surface area contributed by atoms with Crippen LogP contribution in [-0.4, -0.2) is 38.2 Å². The van der Waals surface area contributed by atoms with E-state index in [4.69, 9.17) is 13.9 Å². The number of hydrogen-bond acceptors (Lipinski definition) is 7. The van der Waals surface area contributed by atoms with Gasteiger partial charge in [0.05, 0.1) is 38.7 Å². The van der Waals surface area contributed by atoms with E-state index in [2.05, 4.69) is 23.8 Å². The standard InChI is InChI=1S/C25H30O7/c1-24-9-5-10-25(2,23(28)30-4)22(24)19(32-21(27)7-6-20(26)29-3)13-16-12-15-8-11-31-18(15)14-17(16)24/h8,11-12,14,19,22H,5-7,9-10,13H2,1-4H3/t19-,22-,24-,25-/m1/s1. The molecule has 0 N–H and O–H groups in total. The Morgan fingerprint density at radius 3 is 2.53 bits per heavy atom. The maximum absolute atomic E-state index is 13.0. The second-order valence-corrected chi connectivity index (χ2v) is 9.43. The molecule has 0 spiro atoms. The second-order valence-electron chi connectivity index (χ2n) is 9.43. The Morgan fingerprint density at radius 2 is 1.81 bits per heavy atom. The molecule has 0 bridgehead atoms. The van der Waals surface area contributed by atoms with Crippen molar-refractivity contribution in [2.75, 3.05) is 14.2 Å². The molecule has 32 heavy (non-hydrogen) atoms. The molecule has 1 fully saturated rings. The van der Waals surface area contributed by atoms with Crippen LogP contribution >= 0.6 is 0 Å². The molecular formula is C25H30O7. The molecule has 0 saturated heterocycles. The van der Waals surface area contributed by atoms with Crippen LogP contribution in [0.4, 0.5) is 0 Å². The van der Waals surface area contributed by atoms with Gasteiger partial charge < -0.3 is 18.6 Å². The third-order valence-electron chi connectivity index (χ3n) is 7.55. The predicted octanol–water partition coefficient (Wildman–Crippen LogP) is 4.09. The van der Waals surface area contributed by atoms with Gasteiger partial charge in [-0.25, -0.2) is 0 Å². The second kappa shape index (κ2) is 8.26. The average molecular weight is 443 g/mol. The van der Waals surface area contributed by atoms with Crippen LogP contribution in [0, 0.1) is 11.3 Å². The molecule has 1 aromatic heterocycles. The largest absolute Gasteiger partial charge is 0.469 e. The highest BCUT2D eigenvalue weighted by Crippen LogP contribution is 2.58. The zero-order valence-corrected chi connectivity index (χ0v) is 19.1. The van der Waals surface area contributed by atoms with E-state index in [0.29, 0.717) is 12.8 Å². The van der Waals surface area contributed by atoms with Gasteiger partial charge in [-0.15, -0.1) is 0 Å². The van der Waals surface area contributed by atoms with Gasteiger partial charge in [-0.2, -0.15) is 0 Å². The Hall–Kier alpha value is -2.83. The molecule has 7 heteroatoms. The van der Waals surface area contributed by atoms with Crippen molar-refractivity contribution in [1.29, 1.82) is 0 Å². The first-order valence-corrected chi connectivity index (χ1v) is 11.1. The van der Waals surface area contributed by atoms with E-state index in [-0.39, 0.29) is 24.7 Å². The van der Waals surface area contributed by atoms with Crippen LogP contribution in [-0.2, 0) is 40.4 Å². The van der Waals surface area contributed by atoms with Crippen molar-refractivity contribution >= 4 is 28.9 Å². The highest BCUT2D eigenvalue weighted by Gasteiger charge is 2.60. The lowest BCUT2D eigenvalue weighted by Gasteiger charge is -2.56. The van der Waals surface area contributed by atoms with Gasteiger partial charge in [0.25, 0.3) is 0 Å². The van der Waals surface area contributed by atoms with Crippen molar-refractivity contribution in [1.82, 2.24) is 0 Å². The molecule has 0 radical (unpaired) electrons. The number of fused-ring (bicyclic) bond motifs is 4. The molecule has 1 aromatic carbocycles. The summed E-state index contributed by atoms with van der Waals surface area (Å²) in [6.07, 6.45) is 3.93. The minimum atomic E-state index is -0.801. The Kier molecular flexibility index (Phi) is 5.77. The molecule has 1 saturated carbocycles. The number of carbonyl (C=O) groups is 3. The zero-order chi connectivity index (χ0) is 23.1. The number of ether oxygens (including phenoxy) is 3. The van der Waals surface area contributed by atoms with Crippen molar-refractivity contribution in [3.8, 4) is 0 Å². The first-order chi connectivity index (χ1) is 15.2. The van der Waals surface area contributed by atoms with Crippen molar-refractivity contribution in [2.24, 2.45) is 11.3 Å². The summed E-state index contributed by atoms with van der Waals surface area (Å²) in [5, 5.41) is 0.994. The van der Waals surface area contributed by atoms with Crippen molar-refractivity contribution in [3.63, 3.8) is 0 Å². The molecule has 2 aliphatic rings. The summed E-state index contributed by atoms with van der Waals surface area (Å²) in [4.78, 5) is 37.2. The third kappa shape index (κ3) is 3.57. The molecule has 2 aliphatic carbocycles. The number of furan rings is 1. The summed E-state index contributed by atoms with van der Waals surface area (Å²) < 4.78 is 21.5. The summed E-state index contributed by atoms with van der Waals surface area (Å²) in [6.45, 7) is 4.08. The van der Waals surface area contributed by atoms with Crippen LogP contribution < -0.4 is 0 Å². The Balaban J connectivity index is 1.76. The van der Waals surface area contributed by atoms with Gasteiger partial charge in [-0.05, 0) is 49.1 Å². The van der Waals surface area contributed by atoms with Crippen LogP contribution in [0.1, 0.15) is 57.1 Å². The van der Waals surface area contributed by atoms with Crippen molar-refractivity contribution < 1.29 is 33.0 Å². The molecule has 0 aliphatic heterocycles. The Labute approximate surface area is 187 Å². The maximum atomic E-state index is 13.0. The smallest absolute Gasteiger partial charge is 0.311 e. The van der Waals surface area contributed by atoms with E-state index in [0.717, 1.165) is 34.9 Å². The van der Waals surface area contributed by atoms with Crippen LogP contribution in [0.25, 0.3) is 11.0 Å². The van der Waals surface area contributed by atoms with Crippen molar-refractivity contribution in [3.05, 3.63) is 35.6 Å². The summed E-state index contributed by atoms with van der Waals surface area (Å²) >= 11 is 0. The van der Waals surface area contributed by atoms with Gasteiger partial charge in [0.2, 0.25) is 0 Å². The summed E-state index contributed by atoms with van der Waals surface area (Å²) in [5.74, 6) is -1.47. The highest BCUT2D eigenvalue weighted by atomic mass is 16.5. The lowest BCUT2D eigenvalue weighted by Crippen LogP contribution is -2.59. The lowest BCUT2D eigenvalue weighted by molar-refractivity contribution is -0.178. The lowest BCUT2D eigenvalue weighted by atomic mass is 9.49. The number of carbonyl (C=O) groups excluding carboxylic acids is 3. The van der Waals surface area contributed by atoms with E-state index >= 15 is 0 Å². The quantitative estimate of drug-likeness (QED) is 0.509. The molecule has 4 rings (SSSR count). The van der Waals surface area contributed by atoms with Crippen LogP contribution in [0.3, 0.4) is 0 Å². The van der Waals surface area contributed by atoms with Gasteiger partial charge in [-0.1, -0.05) is 13.3 Å². The van der Waals surface area contributed by atoms with Crippen LogP contribution in [0.5, 0.6) is 0 Å². The third-order valence-corrected chi connectivity index (χ3v) is 7.55. The van der Waals surface area contributed by atoms with Gasteiger partial charge in [0.15, 0.2) is 0 Å². The zero-order valence-electron chi connectivity index (χ0n) is 19.1. The number of hydrogen-bond donors (Lipinski definition) is 0. The van der Waals surface area contributed by atoms with E-state index < -0.39 is 28.9 Å². The molecule has 4 atom stereocenters. The number of methoxy groups -OCH3 is 2.